The van der Waals surface area contributed by atoms with E-state index in [4.69, 9.17) is 9.47 Å². The SMILES string of the molecule is CCOc1ccc(Oc2ccc(NC(=O)c3cnc4sccn4c3=O)cc2)cc1. The van der Waals surface area contributed by atoms with Crippen molar-refractivity contribution in [1.29, 1.82) is 0 Å². The fourth-order valence-electron chi connectivity index (χ4n) is 2.69. The molecule has 0 unspecified atom stereocenters. The van der Waals surface area contributed by atoms with Crippen LogP contribution in [0, 0.1) is 0 Å². The van der Waals surface area contributed by atoms with Crippen molar-refractivity contribution in [3.63, 3.8) is 0 Å². The molecule has 4 aromatic rings. The van der Waals surface area contributed by atoms with Gasteiger partial charge in [0.15, 0.2) is 4.96 Å². The van der Waals surface area contributed by atoms with E-state index in [-0.39, 0.29) is 5.56 Å². The van der Waals surface area contributed by atoms with E-state index >= 15 is 0 Å². The van der Waals surface area contributed by atoms with E-state index in [2.05, 4.69) is 10.3 Å². The lowest BCUT2D eigenvalue weighted by Gasteiger charge is -2.09. The van der Waals surface area contributed by atoms with Gasteiger partial charge in [-0.3, -0.25) is 14.0 Å². The van der Waals surface area contributed by atoms with Gasteiger partial charge in [-0.2, -0.15) is 0 Å². The summed E-state index contributed by atoms with van der Waals surface area (Å²) in [5, 5.41) is 4.45. The number of ether oxygens (including phenoxy) is 2. The summed E-state index contributed by atoms with van der Waals surface area (Å²) in [6, 6.07) is 14.2. The van der Waals surface area contributed by atoms with E-state index < -0.39 is 11.5 Å². The number of anilines is 1. The van der Waals surface area contributed by atoms with Crippen LogP contribution < -0.4 is 20.3 Å². The number of rotatable bonds is 6. The number of carbonyl (C=O) groups excluding carboxylic acids is 1. The van der Waals surface area contributed by atoms with Crippen molar-refractivity contribution in [3.8, 4) is 17.2 Å². The first kappa shape index (κ1) is 18.7. The Balaban J connectivity index is 1.44. The first-order valence-electron chi connectivity index (χ1n) is 8.91. The predicted molar refractivity (Wildman–Crippen MR) is 111 cm³/mol. The minimum atomic E-state index is -0.511. The largest absolute Gasteiger partial charge is 0.494 e. The van der Waals surface area contributed by atoms with Crippen LogP contribution in [-0.2, 0) is 0 Å². The molecule has 8 heteroatoms. The maximum atomic E-state index is 12.5. The van der Waals surface area contributed by atoms with E-state index in [1.165, 1.54) is 21.9 Å². The smallest absolute Gasteiger partial charge is 0.271 e. The molecule has 0 fully saturated rings. The molecule has 0 atom stereocenters. The summed E-state index contributed by atoms with van der Waals surface area (Å²) in [6.07, 6.45) is 2.89. The van der Waals surface area contributed by atoms with Crippen molar-refractivity contribution in [2.75, 3.05) is 11.9 Å². The lowest BCUT2D eigenvalue weighted by atomic mass is 10.2. The molecule has 0 saturated carbocycles. The maximum Gasteiger partial charge on any atom is 0.271 e. The van der Waals surface area contributed by atoms with Crippen LogP contribution in [0.4, 0.5) is 5.69 Å². The lowest BCUT2D eigenvalue weighted by Crippen LogP contribution is -2.25. The van der Waals surface area contributed by atoms with Crippen molar-refractivity contribution >= 4 is 27.9 Å². The number of aromatic nitrogens is 2. The van der Waals surface area contributed by atoms with Crippen molar-refractivity contribution in [1.82, 2.24) is 9.38 Å². The second-order valence-electron chi connectivity index (χ2n) is 6.02. The van der Waals surface area contributed by atoms with E-state index in [1.807, 2.05) is 31.2 Å². The number of nitrogens with one attached hydrogen (secondary N) is 1. The van der Waals surface area contributed by atoms with Crippen LogP contribution in [0.1, 0.15) is 17.3 Å². The Kier molecular flexibility index (Phi) is 5.26. The third kappa shape index (κ3) is 4.12. The zero-order valence-electron chi connectivity index (χ0n) is 15.5. The Morgan fingerprint density at radius 2 is 1.72 bits per heavy atom. The van der Waals surface area contributed by atoms with Crippen molar-refractivity contribution in [2.24, 2.45) is 0 Å². The second-order valence-corrected chi connectivity index (χ2v) is 6.89. The average molecular weight is 407 g/mol. The predicted octanol–water partition coefficient (Wildman–Crippen LogP) is 4.20. The molecule has 0 bridgehead atoms. The van der Waals surface area contributed by atoms with Gasteiger partial charge in [0.25, 0.3) is 11.5 Å². The molecule has 0 aliphatic carbocycles. The van der Waals surface area contributed by atoms with E-state index in [0.717, 1.165) is 5.75 Å². The highest BCUT2D eigenvalue weighted by Crippen LogP contribution is 2.25. The van der Waals surface area contributed by atoms with Crippen molar-refractivity contribution in [3.05, 3.63) is 82.2 Å². The van der Waals surface area contributed by atoms with Crippen LogP contribution >= 0.6 is 11.3 Å². The Hall–Kier alpha value is -3.65. The van der Waals surface area contributed by atoms with Gasteiger partial charge in [0, 0.05) is 23.5 Å². The van der Waals surface area contributed by atoms with Crippen LogP contribution in [0.2, 0.25) is 0 Å². The Labute approximate surface area is 170 Å². The number of hydrogen-bond donors (Lipinski definition) is 1. The van der Waals surface area contributed by atoms with Gasteiger partial charge < -0.3 is 14.8 Å². The molecule has 1 N–H and O–H groups in total. The molecule has 0 saturated heterocycles. The number of benzene rings is 2. The van der Waals surface area contributed by atoms with Gasteiger partial charge >= 0.3 is 0 Å². The van der Waals surface area contributed by atoms with Gasteiger partial charge in [-0.1, -0.05) is 0 Å². The Bertz CT molecular complexity index is 1200. The highest BCUT2D eigenvalue weighted by Gasteiger charge is 2.14. The lowest BCUT2D eigenvalue weighted by molar-refractivity contribution is 0.102. The number of nitrogens with zero attached hydrogens (tertiary/aromatic N) is 2. The quantitative estimate of drug-likeness (QED) is 0.518. The molecule has 1 amide bonds. The van der Waals surface area contributed by atoms with E-state index in [1.54, 1.807) is 35.8 Å². The molecule has 2 aromatic carbocycles. The molecule has 7 nitrogen and oxygen atoms in total. The molecule has 0 aliphatic rings. The Morgan fingerprint density at radius 3 is 2.41 bits per heavy atom. The van der Waals surface area contributed by atoms with Gasteiger partial charge in [0.05, 0.1) is 6.61 Å². The first-order valence-corrected chi connectivity index (χ1v) is 9.79. The van der Waals surface area contributed by atoms with Gasteiger partial charge in [-0.05, 0) is 55.5 Å². The van der Waals surface area contributed by atoms with Gasteiger partial charge in [-0.15, -0.1) is 11.3 Å². The van der Waals surface area contributed by atoms with E-state index in [0.29, 0.717) is 28.8 Å². The summed E-state index contributed by atoms with van der Waals surface area (Å²) in [7, 11) is 0. The molecular formula is C21H17N3O4S. The third-order valence-electron chi connectivity index (χ3n) is 4.07. The highest BCUT2D eigenvalue weighted by molar-refractivity contribution is 7.15. The molecule has 2 aromatic heterocycles. The molecule has 146 valence electrons. The number of fused-ring (bicyclic) bond motifs is 1. The molecule has 0 radical (unpaired) electrons. The zero-order chi connectivity index (χ0) is 20.2. The number of amides is 1. The molecule has 4 rings (SSSR count). The highest BCUT2D eigenvalue weighted by atomic mass is 32.1. The fraction of sp³-hybridized carbons (Fsp3) is 0.0952. The minimum absolute atomic E-state index is 0.0179. The number of hydrogen-bond acceptors (Lipinski definition) is 6. The number of carbonyl (C=O) groups is 1. The molecule has 0 aliphatic heterocycles. The normalized spacial score (nSPS) is 10.7. The second kappa shape index (κ2) is 8.15. The maximum absolute atomic E-state index is 12.5. The average Bonchev–Trinajstić information content (AvgIpc) is 3.21. The van der Waals surface area contributed by atoms with Gasteiger partial charge in [0.2, 0.25) is 0 Å². The molecular weight excluding hydrogens is 390 g/mol. The van der Waals surface area contributed by atoms with Gasteiger partial charge in [0.1, 0.15) is 22.8 Å². The topological polar surface area (TPSA) is 81.9 Å². The summed E-state index contributed by atoms with van der Waals surface area (Å²) in [4.78, 5) is 29.5. The molecule has 0 spiro atoms. The van der Waals surface area contributed by atoms with Crippen LogP contribution in [0.3, 0.4) is 0 Å². The first-order chi connectivity index (χ1) is 14.1. The van der Waals surface area contributed by atoms with Crippen molar-refractivity contribution < 1.29 is 14.3 Å². The van der Waals surface area contributed by atoms with Crippen LogP contribution in [0.25, 0.3) is 4.96 Å². The summed E-state index contributed by atoms with van der Waals surface area (Å²) in [5.74, 6) is 1.56. The number of thiazole rings is 1. The standard InChI is InChI=1S/C21H17N3O4S/c1-2-27-15-7-9-17(10-8-15)28-16-5-3-14(4-6-16)23-19(25)18-13-22-21-24(20(18)26)11-12-29-21/h3-13H,2H2,1H3,(H,23,25). The third-order valence-corrected chi connectivity index (χ3v) is 4.84. The monoisotopic (exact) mass is 407 g/mol. The summed E-state index contributed by atoms with van der Waals surface area (Å²) in [6.45, 7) is 2.54. The van der Waals surface area contributed by atoms with Crippen molar-refractivity contribution in [2.45, 2.75) is 6.92 Å². The van der Waals surface area contributed by atoms with Crippen LogP contribution in [-0.4, -0.2) is 21.9 Å². The van der Waals surface area contributed by atoms with Crippen LogP contribution in [0.15, 0.2) is 71.1 Å². The Morgan fingerprint density at radius 1 is 1.07 bits per heavy atom. The van der Waals surface area contributed by atoms with Gasteiger partial charge in [-0.25, -0.2) is 4.98 Å². The summed E-state index contributed by atoms with van der Waals surface area (Å²) >= 11 is 1.33. The summed E-state index contributed by atoms with van der Waals surface area (Å²) in [5.41, 5.74) is 0.128. The summed E-state index contributed by atoms with van der Waals surface area (Å²) < 4.78 is 12.5. The fourth-order valence-corrected chi connectivity index (χ4v) is 3.37. The zero-order valence-corrected chi connectivity index (χ0v) is 16.3. The van der Waals surface area contributed by atoms with E-state index in [9.17, 15) is 9.59 Å². The van der Waals surface area contributed by atoms with Crippen LogP contribution in [0.5, 0.6) is 17.2 Å². The molecule has 2 heterocycles. The molecule has 29 heavy (non-hydrogen) atoms. The minimum Gasteiger partial charge on any atom is -0.494 e.